The fraction of sp³-hybridized carbons (Fsp3) is 0.783. The van der Waals surface area contributed by atoms with Gasteiger partial charge in [0.05, 0.1) is 19.8 Å². The van der Waals surface area contributed by atoms with Gasteiger partial charge in [-0.3, -0.25) is 0 Å². The van der Waals surface area contributed by atoms with Crippen LogP contribution in [0.5, 0.6) is 0 Å². The first-order valence-electron chi connectivity index (χ1n) is 11.3. The molecule has 0 bridgehead atoms. The minimum absolute atomic E-state index is 0.149. The van der Waals surface area contributed by atoms with Crippen LogP contribution in [0, 0.1) is 0 Å². The highest BCUT2D eigenvalue weighted by atomic mass is 35.5. The molecule has 0 amide bonds. The van der Waals surface area contributed by atoms with Gasteiger partial charge in [-0.1, -0.05) is 51.9 Å². The lowest BCUT2D eigenvalue weighted by Gasteiger charge is -2.13. The van der Waals surface area contributed by atoms with Crippen molar-refractivity contribution in [3.05, 3.63) is 24.0 Å². The minimum Gasteiger partial charge on any atom is -0.459 e. The van der Waals surface area contributed by atoms with E-state index < -0.39 is 0 Å². The predicted octanol–water partition coefficient (Wildman–Crippen LogP) is 5.84. The van der Waals surface area contributed by atoms with Crippen LogP contribution in [0.1, 0.15) is 82.1 Å². The monoisotopic (exact) mass is 429 g/mol. The number of halogens is 1. The number of hydrogen-bond donors (Lipinski definition) is 0. The van der Waals surface area contributed by atoms with Crippen molar-refractivity contribution in [3.63, 3.8) is 0 Å². The topological polar surface area (TPSA) is 49.7 Å². The van der Waals surface area contributed by atoms with Gasteiger partial charge in [-0.05, 0) is 31.9 Å². The van der Waals surface area contributed by atoms with E-state index in [1.165, 1.54) is 44.9 Å². The zero-order valence-corrected chi connectivity index (χ0v) is 19.1. The van der Waals surface area contributed by atoms with Gasteiger partial charge < -0.3 is 18.8 Å². The standard InChI is InChI=1S/C23H40ClNO4/c1-3-5-6-7-8-9-10-12-21(24)14-16-25-15-11-13-22(25)23(26)29-20-19-28-18-17-27-4-2/h11,13,15,21H,3-10,12,14,16-20H2,1-2H3. The Labute approximate surface area is 182 Å². The lowest BCUT2D eigenvalue weighted by atomic mass is 10.1. The zero-order chi connectivity index (χ0) is 21.2. The molecule has 1 atom stereocenters. The normalized spacial score (nSPS) is 12.2. The Morgan fingerprint density at radius 2 is 1.66 bits per heavy atom. The third-order valence-corrected chi connectivity index (χ3v) is 5.32. The summed E-state index contributed by atoms with van der Waals surface area (Å²) in [4.78, 5) is 12.3. The van der Waals surface area contributed by atoms with Crippen molar-refractivity contribution in [1.29, 1.82) is 0 Å². The summed E-state index contributed by atoms with van der Waals surface area (Å²) in [7, 11) is 0. The van der Waals surface area contributed by atoms with E-state index in [0.29, 0.717) is 32.1 Å². The number of carbonyl (C=O) groups is 1. The van der Waals surface area contributed by atoms with Gasteiger partial charge in [0.15, 0.2) is 0 Å². The molecule has 0 aliphatic rings. The molecule has 0 spiro atoms. The van der Waals surface area contributed by atoms with Crippen molar-refractivity contribution >= 4 is 17.6 Å². The molecule has 1 aromatic rings. The van der Waals surface area contributed by atoms with Crippen LogP contribution in [-0.2, 0) is 20.8 Å². The average molecular weight is 430 g/mol. The second kappa shape index (κ2) is 17.8. The fourth-order valence-electron chi connectivity index (χ4n) is 3.17. The number of rotatable bonds is 19. The molecule has 5 nitrogen and oxygen atoms in total. The summed E-state index contributed by atoms with van der Waals surface area (Å²) in [6.07, 6.45) is 12.9. The largest absolute Gasteiger partial charge is 0.459 e. The number of aromatic nitrogens is 1. The first-order valence-corrected chi connectivity index (χ1v) is 11.7. The number of hydrogen-bond acceptors (Lipinski definition) is 4. The summed E-state index contributed by atoms with van der Waals surface area (Å²) < 4.78 is 17.8. The molecule has 168 valence electrons. The Morgan fingerprint density at radius 3 is 2.41 bits per heavy atom. The van der Waals surface area contributed by atoms with E-state index in [-0.39, 0.29) is 18.0 Å². The molecule has 0 radical (unpaired) electrons. The predicted molar refractivity (Wildman–Crippen MR) is 119 cm³/mol. The van der Waals surface area contributed by atoms with E-state index in [1.807, 2.05) is 23.8 Å². The SMILES string of the molecule is CCCCCCCCCC(Cl)CCn1cccc1C(=O)OCCOCCOCC. The fourth-order valence-corrected chi connectivity index (χ4v) is 3.42. The van der Waals surface area contributed by atoms with Crippen LogP contribution in [0.2, 0.25) is 0 Å². The van der Waals surface area contributed by atoms with Gasteiger partial charge in [0, 0.05) is 24.7 Å². The van der Waals surface area contributed by atoms with Gasteiger partial charge >= 0.3 is 5.97 Å². The quantitative estimate of drug-likeness (QED) is 0.157. The molecule has 1 heterocycles. The van der Waals surface area contributed by atoms with Crippen LogP contribution in [0.25, 0.3) is 0 Å². The van der Waals surface area contributed by atoms with Gasteiger partial charge in [-0.2, -0.15) is 0 Å². The van der Waals surface area contributed by atoms with Crippen LogP contribution in [0.4, 0.5) is 0 Å². The van der Waals surface area contributed by atoms with Crippen molar-refractivity contribution in [2.24, 2.45) is 0 Å². The van der Waals surface area contributed by atoms with Crippen molar-refractivity contribution in [2.75, 3.05) is 33.0 Å². The number of unbranched alkanes of at least 4 members (excludes halogenated alkanes) is 6. The minimum atomic E-state index is -0.318. The molecule has 1 aromatic heterocycles. The summed E-state index contributed by atoms with van der Waals surface area (Å²) in [6.45, 7) is 7.29. The van der Waals surface area contributed by atoms with E-state index in [4.69, 9.17) is 25.8 Å². The molecular weight excluding hydrogens is 390 g/mol. The van der Waals surface area contributed by atoms with Crippen molar-refractivity contribution < 1.29 is 19.0 Å². The first-order chi connectivity index (χ1) is 14.2. The van der Waals surface area contributed by atoms with Gasteiger partial charge in [-0.15, -0.1) is 11.6 Å². The van der Waals surface area contributed by atoms with E-state index in [2.05, 4.69) is 6.92 Å². The van der Waals surface area contributed by atoms with E-state index in [1.54, 1.807) is 6.07 Å². The molecule has 1 rings (SSSR count). The lowest BCUT2D eigenvalue weighted by molar-refractivity contribution is 0.0157. The van der Waals surface area contributed by atoms with Crippen molar-refractivity contribution in [2.45, 2.75) is 83.6 Å². The summed E-state index contributed by atoms with van der Waals surface area (Å²) in [5, 5.41) is 0.149. The average Bonchev–Trinajstić information content (AvgIpc) is 3.19. The number of alkyl halides is 1. The highest BCUT2D eigenvalue weighted by Crippen LogP contribution is 2.16. The molecule has 0 saturated carbocycles. The van der Waals surface area contributed by atoms with Crippen LogP contribution in [-0.4, -0.2) is 48.9 Å². The second-order valence-electron chi connectivity index (χ2n) is 7.33. The first kappa shape index (κ1) is 26.0. The smallest absolute Gasteiger partial charge is 0.355 e. The number of nitrogens with zero attached hydrogens (tertiary/aromatic N) is 1. The highest BCUT2D eigenvalue weighted by Gasteiger charge is 2.13. The molecule has 0 aliphatic heterocycles. The summed E-state index contributed by atoms with van der Waals surface area (Å²) >= 11 is 6.49. The van der Waals surface area contributed by atoms with Gasteiger partial charge in [0.1, 0.15) is 12.3 Å². The Hall–Kier alpha value is -1.04. The number of carbonyl (C=O) groups excluding carboxylic acids is 1. The Balaban J connectivity index is 2.16. The summed E-state index contributed by atoms with van der Waals surface area (Å²) in [5.41, 5.74) is 0.569. The summed E-state index contributed by atoms with van der Waals surface area (Å²) in [5.74, 6) is -0.318. The molecule has 0 aromatic carbocycles. The maximum Gasteiger partial charge on any atom is 0.355 e. The van der Waals surface area contributed by atoms with Gasteiger partial charge in [0.2, 0.25) is 0 Å². The maximum atomic E-state index is 12.3. The van der Waals surface area contributed by atoms with Gasteiger partial charge in [-0.25, -0.2) is 4.79 Å². The Morgan fingerprint density at radius 1 is 0.966 bits per heavy atom. The van der Waals surface area contributed by atoms with Crippen molar-refractivity contribution in [1.82, 2.24) is 4.57 Å². The number of ether oxygens (including phenoxy) is 3. The maximum absolute atomic E-state index is 12.3. The van der Waals surface area contributed by atoms with Crippen LogP contribution in [0.3, 0.4) is 0 Å². The van der Waals surface area contributed by atoms with E-state index >= 15 is 0 Å². The molecule has 6 heteroatoms. The molecule has 29 heavy (non-hydrogen) atoms. The highest BCUT2D eigenvalue weighted by molar-refractivity contribution is 6.20. The third kappa shape index (κ3) is 13.0. The van der Waals surface area contributed by atoms with Crippen LogP contribution >= 0.6 is 11.6 Å². The molecule has 0 N–H and O–H groups in total. The third-order valence-electron chi connectivity index (χ3n) is 4.88. The van der Waals surface area contributed by atoms with Crippen molar-refractivity contribution in [3.8, 4) is 0 Å². The molecule has 0 fully saturated rings. The zero-order valence-electron chi connectivity index (χ0n) is 18.4. The molecule has 0 saturated heterocycles. The van der Waals surface area contributed by atoms with E-state index in [9.17, 15) is 4.79 Å². The summed E-state index contributed by atoms with van der Waals surface area (Å²) in [6, 6.07) is 3.66. The van der Waals surface area contributed by atoms with Gasteiger partial charge in [0.25, 0.3) is 0 Å². The molecular formula is C23H40ClNO4. The Bertz CT molecular complexity index is 521. The molecule has 1 unspecified atom stereocenters. The lowest BCUT2D eigenvalue weighted by Crippen LogP contribution is -2.17. The molecule has 0 aliphatic carbocycles. The van der Waals surface area contributed by atoms with E-state index in [0.717, 1.165) is 19.4 Å². The Kier molecular flexibility index (Phi) is 15.9. The second-order valence-corrected chi connectivity index (χ2v) is 7.95. The number of aryl methyl sites for hydroxylation is 1. The number of esters is 1. The van der Waals surface area contributed by atoms with Crippen LogP contribution < -0.4 is 0 Å². The van der Waals surface area contributed by atoms with Crippen LogP contribution in [0.15, 0.2) is 18.3 Å².